The summed E-state index contributed by atoms with van der Waals surface area (Å²) in [5.41, 5.74) is 0. The molecule has 0 aromatic carbocycles. The van der Waals surface area contributed by atoms with Crippen LogP contribution in [0, 0.1) is 0 Å². The molecule has 0 aliphatic rings. The molecule has 0 fully saturated rings. The van der Waals surface area contributed by atoms with E-state index in [9.17, 15) is 4.79 Å². The fraction of sp³-hybridized carbons (Fsp3) is 0.500. The second-order valence-corrected chi connectivity index (χ2v) is 2.52. The summed E-state index contributed by atoms with van der Waals surface area (Å²) in [6.45, 7) is 0. The van der Waals surface area contributed by atoms with Crippen LogP contribution in [0.3, 0.4) is 0 Å². The molecule has 1 amide bonds. The van der Waals surface area contributed by atoms with Gasteiger partial charge in [0.25, 0.3) is 0 Å². The molecule has 0 aromatic heterocycles. The molecule has 0 heterocycles. The molecule has 0 bridgehead atoms. The maximum absolute atomic E-state index is 9.66. The van der Waals surface area contributed by atoms with E-state index in [4.69, 9.17) is 5.11 Å². The highest BCUT2D eigenvalue weighted by molar-refractivity contribution is 6.12. The number of amides is 1. The second-order valence-electron chi connectivity index (χ2n) is 1.18. The van der Waals surface area contributed by atoms with Crippen LogP contribution in [0.2, 0.25) is 0 Å². The predicted octanol–water partition coefficient (Wildman–Crippen LogP) is -1.12. The van der Waals surface area contributed by atoms with Crippen molar-refractivity contribution in [2.45, 2.75) is 0 Å². The van der Waals surface area contributed by atoms with Crippen molar-refractivity contribution in [1.82, 2.24) is 4.57 Å². The molecule has 0 saturated heterocycles. The van der Waals surface area contributed by atoms with E-state index in [1.54, 1.807) is 0 Å². The summed E-state index contributed by atoms with van der Waals surface area (Å²) in [4.78, 5) is 9.66. The largest absolute Gasteiger partial charge is 0.465 e. The minimum Gasteiger partial charge on any atom is -0.465 e. The van der Waals surface area contributed by atoms with Gasteiger partial charge in [-0.3, -0.25) is 0 Å². The van der Waals surface area contributed by atoms with Crippen LogP contribution in [0.5, 0.6) is 0 Å². The Hall–Kier alpha value is -0.513. The Balaban J connectivity index is 3.26. The van der Waals surface area contributed by atoms with Crippen molar-refractivity contribution >= 4 is 16.5 Å². The SMILES string of the molecule is CN([SiH3])C(=O)O. The van der Waals surface area contributed by atoms with Gasteiger partial charge in [0.2, 0.25) is 0 Å². The van der Waals surface area contributed by atoms with Gasteiger partial charge in [-0.15, -0.1) is 0 Å². The predicted molar refractivity (Wildman–Crippen MR) is 25.7 cm³/mol. The number of nitrogens with zero attached hydrogens (tertiary/aromatic N) is 1. The zero-order valence-corrected chi connectivity index (χ0v) is 5.80. The van der Waals surface area contributed by atoms with Crippen molar-refractivity contribution in [1.29, 1.82) is 0 Å². The van der Waals surface area contributed by atoms with Gasteiger partial charge in [0.15, 0.2) is 0 Å². The number of carboxylic acid groups (broad SMARTS) is 1. The lowest BCUT2D eigenvalue weighted by Crippen LogP contribution is -2.20. The Kier molecular flexibility index (Phi) is 1.66. The van der Waals surface area contributed by atoms with Gasteiger partial charge in [-0.05, 0) is 0 Å². The van der Waals surface area contributed by atoms with E-state index in [0.717, 1.165) is 0 Å². The summed E-state index contributed by atoms with van der Waals surface area (Å²) in [6.07, 6.45) is -0.846. The quantitative estimate of drug-likeness (QED) is 0.396. The van der Waals surface area contributed by atoms with Gasteiger partial charge >= 0.3 is 6.09 Å². The fourth-order valence-corrected chi connectivity index (χ4v) is 0. The third-order valence-corrected chi connectivity index (χ3v) is 0.765. The maximum atomic E-state index is 9.66. The molecule has 0 rings (SSSR count). The lowest BCUT2D eigenvalue weighted by molar-refractivity contribution is 0.179. The van der Waals surface area contributed by atoms with E-state index >= 15 is 0 Å². The third-order valence-electron chi connectivity index (χ3n) is 0.383. The monoisotopic (exact) mass is 105 g/mol. The molecule has 0 radical (unpaired) electrons. The summed E-state index contributed by atoms with van der Waals surface area (Å²) in [5.74, 6) is 0. The van der Waals surface area contributed by atoms with Crippen molar-refractivity contribution in [2.75, 3.05) is 7.05 Å². The summed E-state index contributed by atoms with van der Waals surface area (Å²) in [6, 6.07) is 0. The first-order chi connectivity index (χ1) is 2.64. The highest BCUT2D eigenvalue weighted by atomic mass is 28.2. The van der Waals surface area contributed by atoms with Crippen LogP contribution < -0.4 is 0 Å². The van der Waals surface area contributed by atoms with Crippen molar-refractivity contribution < 1.29 is 9.90 Å². The van der Waals surface area contributed by atoms with Crippen LogP contribution in [-0.2, 0) is 0 Å². The zero-order valence-electron chi connectivity index (χ0n) is 3.80. The van der Waals surface area contributed by atoms with Crippen LogP contribution in [0.25, 0.3) is 0 Å². The van der Waals surface area contributed by atoms with E-state index in [-0.39, 0.29) is 0 Å². The normalized spacial score (nSPS) is 8.17. The van der Waals surface area contributed by atoms with E-state index < -0.39 is 6.09 Å². The van der Waals surface area contributed by atoms with Crippen LogP contribution in [0.1, 0.15) is 0 Å². The first kappa shape index (κ1) is 5.49. The standard InChI is InChI=1S/C2H7NO2Si/c1-3(6)2(4)5/h1,6H3,(H,4,5). The molecule has 4 heteroatoms. The molecule has 36 valence electrons. The van der Waals surface area contributed by atoms with Gasteiger partial charge in [0.1, 0.15) is 10.4 Å². The number of rotatable bonds is 0. The van der Waals surface area contributed by atoms with Gasteiger partial charge in [0, 0.05) is 7.05 Å². The molecule has 0 spiro atoms. The molecule has 0 atom stereocenters. The minimum absolute atomic E-state index is 0.587. The third kappa shape index (κ3) is 1.77. The van der Waals surface area contributed by atoms with Crippen molar-refractivity contribution in [3.63, 3.8) is 0 Å². The molecule has 0 saturated carbocycles. The molecular formula is C2H7NO2Si. The highest BCUT2D eigenvalue weighted by Crippen LogP contribution is 1.68. The molecule has 1 N–H and O–H groups in total. The van der Waals surface area contributed by atoms with Crippen LogP contribution in [0.4, 0.5) is 4.79 Å². The molecule has 0 unspecified atom stereocenters. The number of carbonyl (C=O) groups is 1. The fourth-order valence-electron chi connectivity index (χ4n) is 0. The van der Waals surface area contributed by atoms with Crippen molar-refractivity contribution in [3.05, 3.63) is 0 Å². The Morgan fingerprint density at radius 2 is 2.17 bits per heavy atom. The van der Waals surface area contributed by atoms with Gasteiger partial charge in [-0.25, -0.2) is 4.79 Å². The lowest BCUT2D eigenvalue weighted by atomic mass is 11.1. The first-order valence-corrected chi connectivity index (χ1v) is 2.44. The van der Waals surface area contributed by atoms with Crippen molar-refractivity contribution in [2.24, 2.45) is 0 Å². The highest BCUT2D eigenvalue weighted by Gasteiger charge is 1.91. The van der Waals surface area contributed by atoms with Crippen LogP contribution in [-0.4, -0.2) is 33.2 Å². The Morgan fingerprint density at radius 1 is 2.00 bits per heavy atom. The van der Waals surface area contributed by atoms with E-state index in [1.165, 1.54) is 11.6 Å². The number of hydrogen-bond acceptors (Lipinski definition) is 1. The van der Waals surface area contributed by atoms with Gasteiger partial charge < -0.3 is 9.67 Å². The average Bonchev–Trinajstić information content (AvgIpc) is 1.36. The lowest BCUT2D eigenvalue weighted by Gasteiger charge is -2.00. The first-order valence-electron chi connectivity index (χ1n) is 1.55. The van der Waals surface area contributed by atoms with Crippen LogP contribution in [0.15, 0.2) is 0 Å². The molecule has 0 aliphatic heterocycles. The van der Waals surface area contributed by atoms with Crippen molar-refractivity contribution in [3.8, 4) is 0 Å². The maximum Gasteiger partial charge on any atom is 0.398 e. The van der Waals surface area contributed by atoms with E-state index in [2.05, 4.69) is 0 Å². The van der Waals surface area contributed by atoms with Gasteiger partial charge in [0.05, 0.1) is 0 Å². The zero-order chi connectivity index (χ0) is 5.15. The summed E-state index contributed by atoms with van der Waals surface area (Å²) < 4.78 is 1.22. The Bertz CT molecular complexity index is 62.6. The molecule has 0 aromatic rings. The van der Waals surface area contributed by atoms with E-state index in [0.29, 0.717) is 10.4 Å². The molecule has 0 aliphatic carbocycles. The molecular weight excluding hydrogens is 98.1 g/mol. The smallest absolute Gasteiger partial charge is 0.398 e. The molecule has 6 heavy (non-hydrogen) atoms. The Morgan fingerprint density at radius 3 is 2.17 bits per heavy atom. The Labute approximate surface area is 39.1 Å². The number of hydrogen-bond donors (Lipinski definition) is 1. The average molecular weight is 105 g/mol. The van der Waals surface area contributed by atoms with Crippen LogP contribution >= 0.6 is 0 Å². The minimum atomic E-state index is -0.846. The summed E-state index contributed by atoms with van der Waals surface area (Å²) in [7, 11) is 2.12. The summed E-state index contributed by atoms with van der Waals surface area (Å²) >= 11 is 0. The van der Waals surface area contributed by atoms with E-state index in [1.807, 2.05) is 0 Å². The topological polar surface area (TPSA) is 40.5 Å². The van der Waals surface area contributed by atoms with Gasteiger partial charge in [-0.2, -0.15) is 0 Å². The second kappa shape index (κ2) is 1.81. The molecule has 3 nitrogen and oxygen atoms in total. The van der Waals surface area contributed by atoms with Gasteiger partial charge in [-0.1, -0.05) is 0 Å². The summed E-state index contributed by atoms with van der Waals surface area (Å²) in [5, 5.41) is 7.95.